The topological polar surface area (TPSA) is 52.6 Å². The summed E-state index contributed by atoms with van der Waals surface area (Å²) in [6.45, 7) is 9.62. The van der Waals surface area contributed by atoms with Crippen LogP contribution < -0.4 is 5.32 Å². The van der Waals surface area contributed by atoms with Crippen LogP contribution in [0.2, 0.25) is 0 Å². The highest BCUT2D eigenvalue weighted by Crippen LogP contribution is 2.23. The van der Waals surface area contributed by atoms with Crippen LogP contribution in [0.15, 0.2) is 0 Å². The van der Waals surface area contributed by atoms with E-state index >= 15 is 0 Å². The Kier molecular flexibility index (Phi) is 4.68. The zero-order chi connectivity index (χ0) is 14.8. The molecular formula is C15H27N3O2. The average molecular weight is 281 g/mol. The molecule has 2 fully saturated rings. The summed E-state index contributed by atoms with van der Waals surface area (Å²) in [4.78, 5) is 29.0. The molecule has 2 saturated heterocycles. The molecule has 2 amide bonds. The van der Waals surface area contributed by atoms with Crippen molar-refractivity contribution in [2.45, 2.75) is 58.0 Å². The molecule has 2 heterocycles. The van der Waals surface area contributed by atoms with Crippen LogP contribution in [0.3, 0.4) is 0 Å². The highest BCUT2D eigenvalue weighted by Gasteiger charge is 2.42. The molecule has 114 valence electrons. The lowest BCUT2D eigenvalue weighted by Gasteiger charge is -2.41. The maximum absolute atomic E-state index is 12.8. The first-order chi connectivity index (χ1) is 9.50. The van der Waals surface area contributed by atoms with Gasteiger partial charge in [0.05, 0.1) is 0 Å². The smallest absolute Gasteiger partial charge is 0.248 e. The van der Waals surface area contributed by atoms with Crippen molar-refractivity contribution in [1.82, 2.24) is 15.1 Å². The Bertz CT molecular complexity index is 385. The molecular weight excluding hydrogens is 254 g/mol. The SMILES string of the molecule is CCN1CCCC(N2CCC(=O)NC(C)(CC)C2=O)C1. The average Bonchev–Trinajstić information content (AvgIpc) is 2.57. The van der Waals surface area contributed by atoms with E-state index in [1.54, 1.807) is 0 Å². The van der Waals surface area contributed by atoms with Crippen LogP contribution in [0, 0.1) is 0 Å². The van der Waals surface area contributed by atoms with Gasteiger partial charge in [0.15, 0.2) is 0 Å². The van der Waals surface area contributed by atoms with Crippen molar-refractivity contribution in [3.05, 3.63) is 0 Å². The summed E-state index contributed by atoms with van der Waals surface area (Å²) in [6, 6.07) is 0.259. The molecule has 1 N–H and O–H groups in total. The first kappa shape index (κ1) is 15.3. The summed E-state index contributed by atoms with van der Waals surface area (Å²) in [5.41, 5.74) is -0.734. The largest absolute Gasteiger partial charge is 0.342 e. The molecule has 2 unspecified atom stereocenters. The minimum absolute atomic E-state index is 0.00615. The molecule has 0 saturated carbocycles. The Morgan fingerprint density at radius 1 is 1.30 bits per heavy atom. The van der Waals surface area contributed by atoms with Crippen LogP contribution in [-0.2, 0) is 9.59 Å². The van der Waals surface area contributed by atoms with E-state index in [9.17, 15) is 9.59 Å². The second-order valence-electron chi connectivity index (χ2n) is 6.17. The van der Waals surface area contributed by atoms with Gasteiger partial charge in [0.1, 0.15) is 5.54 Å². The quantitative estimate of drug-likeness (QED) is 0.839. The molecule has 2 aliphatic rings. The van der Waals surface area contributed by atoms with Gasteiger partial charge in [-0.1, -0.05) is 13.8 Å². The standard InChI is InChI=1S/C15H27N3O2/c1-4-15(3)14(20)18(10-8-13(19)16-15)12-7-6-9-17(5-2)11-12/h12H,4-11H2,1-3H3,(H,16,19). The number of hydrogen-bond acceptors (Lipinski definition) is 3. The Hall–Kier alpha value is -1.10. The summed E-state index contributed by atoms with van der Waals surface area (Å²) >= 11 is 0. The summed E-state index contributed by atoms with van der Waals surface area (Å²) in [5, 5.41) is 2.91. The van der Waals surface area contributed by atoms with Crippen molar-refractivity contribution in [3.8, 4) is 0 Å². The number of piperidine rings is 1. The molecule has 0 spiro atoms. The molecule has 20 heavy (non-hydrogen) atoms. The van der Waals surface area contributed by atoms with Gasteiger partial charge in [0.2, 0.25) is 11.8 Å². The zero-order valence-corrected chi connectivity index (χ0v) is 12.9. The third-order valence-electron chi connectivity index (χ3n) is 4.80. The maximum atomic E-state index is 12.8. The van der Waals surface area contributed by atoms with Crippen molar-refractivity contribution in [2.75, 3.05) is 26.2 Å². The highest BCUT2D eigenvalue weighted by atomic mass is 16.2. The Balaban J connectivity index is 2.16. The number of nitrogens with zero attached hydrogens (tertiary/aromatic N) is 2. The van der Waals surface area contributed by atoms with Gasteiger partial charge in [0, 0.05) is 25.6 Å². The molecule has 0 aromatic rings. The van der Waals surface area contributed by atoms with Crippen molar-refractivity contribution in [2.24, 2.45) is 0 Å². The number of amides is 2. The van der Waals surface area contributed by atoms with Crippen molar-refractivity contribution in [3.63, 3.8) is 0 Å². The molecule has 5 heteroatoms. The van der Waals surface area contributed by atoms with Crippen molar-refractivity contribution < 1.29 is 9.59 Å². The van der Waals surface area contributed by atoms with Gasteiger partial charge in [-0.15, -0.1) is 0 Å². The number of carbonyl (C=O) groups is 2. The second-order valence-corrected chi connectivity index (χ2v) is 6.17. The minimum atomic E-state index is -0.734. The molecule has 0 radical (unpaired) electrons. The number of hydrogen-bond donors (Lipinski definition) is 1. The van der Waals surface area contributed by atoms with Crippen LogP contribution >= 0.6 is 0 Å². The van der Waals surface area contributed by atoms with Crippen LogP contribution in [0.1, 0.15) is 46.5 Å². The Morgan fingerprint density at radius 3 is 2.70 bits per heavy atom. The molecule has 2 rings (SSSR count). The highest BCUT2D eigenvalue weighted by molar-refractivity contribution is 5.93. The fourth-order valence-corrected chi connectivity index (χ4v) is 3.22. The van der Waals surface area contributed by atoms with E-state index in [4.69, 9.17) is 0 Å². The summed E-state index contributed by atoms with van der Waals surface area (Å²) in [7, 11) is 0. The van der Waals surface area contributed by atoms with Gasteiger partial charge < -0.3 is 15.1 Å². The van der Waals surface area contributed by atoms with Gasteiger partial charge in [-0.2, -0.15) is 0 Å². The summed E-state index contributed by atoms with van der Waals surface area (Å²) in [5.74, 6) is 0.0853. The zero-order valence-electron chi connectivity index (χ0n) is 12.9. The lowest BCUT2D eigenvalue weighted by molar-refractivity contribution is -0.141. The van der Waals surface area contributed by atoms with Crippen LogP contribution in [0.25, 0.3) is 0 Å². The van der Waals surface area contributed by atoms with Crippen LogP contribution in [0.5, 0.6) is 0 Å². The molecule has 2 aliphatic heterocycles. The lowest BCUT2D eigenvalue weighted by atomic mass is 9.95. The molecule has 0 aromatic carbocycles. The monoisotopic (exact) mass is 281 g/mol. The van der Waals surface area contributed by atoms with E-state index in [-0.39, 0.29) is 17.9 Å². The van der Waals surface area contributed by atoms with E-state index in [0.29, 0.717) is 19.4 Å². The predicted molar refractivity (Wildman–Crippen MR) is 78.3 cm³/mol. The van der Waals surface area contributed by atoms with Crippen molar-refractivity contribution in [1.29, 1.82) is 0 Å². The fourth-order valence-electron chi connectivity index (χ4n) is 3.22. The van der Waals surface area contributed by atoms with Crippen LogP contribution in [-0.4, -0.2) is 59.4 Å². The molecule has 0 aromatic heterocycles. The number of carbonyl (C=O) groups excluding carboxylic acids is 2. The Morgan fingerprint density at radius 2 is 2.05 bits per heavy atom. The van der Waals surface area contributed by atoms with Gasteiger partial charge >= 0.3 is 0 Å². The third-order valence-corrected chi connectivity index (χ3v) is 4.80. The van der Waals surface area contributed by atoms with Gasteiger partial charge in [-0.05, 0) is 39.3 Å². The Labute approximate surface area is 121 Å². The van der Waals surface area contributed by atoms with Crippen LogP contribution in [0.4, 0.5) is 0 Å². The van der Waals surface area contributed by atoms with Crippen molar-refractivity contribution >= 4 is 11.8 Å². The van der Waals surface area contributed by atoms with E-state index in [0.717, 1.165) is 32.5 Å². The maximum Gasteiger partial charge on any atom is 0.248 e. The van der Waals surface area contributed by atoms with E-state index in [1.165, 1.54) is 0 Å². The van der Waals surface area contributed by atoms with E-state index in [1.807, 2.05) is 18.7 Å². The number of rotatable bonds is 3. The minimum Gasteiger partial charge on any atom is -0.342 e. The molecule has 0 aliphatic carbocycles. The van der Waals surface area contributed by atoms with Gasteiger partial charge in [-0.25, -0.2) is 0 Å². The molecule has 5 nitrogen and oxygen atoms in total. The summed E-state index contributed by atoms with van der Waals surface area (Å²) < 4.78 is 0. The van der Waals surface area contributed by atoms with Gasteiger partial charge in [-0.3, -0.25) is 9.59 Å². The molecule has 2 atom stereocenters. The van der Waals surface area contributed by atoms with E-state index in [2.05, 4.69) is 17.1 Å². The number of likely N-dealkylation sites (N-methyl/N-ethyl adjacent to an activating group) is 1. The predicted octanol–water partition coefficient (Wildman–Crippen LogP) is 0.988. The number of likely N-dealkylation sites (tertiary alicyclic amines) is 1. The molecule has 0 bridgehead atoms. The first-order valence-electron chi connectivity index (χ1n) is 7.84. The lowest BCUT2D eigenvalue weighted by Crippen LogP contribution is -2.59. The fraction of sp³-hybridized carbons (Fsp3) is 0.867. The first-order valence-corrected chi connectivity index (χ1v) is 7.84. The van der Waals surface area contributed by atoms with E-state index < -0.39 is 5.54 Å². The number of nitrogens with one attached hydrogen (secondary N) is 1. The second kappa shape index (κ2) is 6.12. The normalized spacial score (nSPS) is 33.0. The van der Waals surface area contributed by atoms with Gasteiger partial charge in [0.25, 0.3) is 0 Å². The summed E-state index contributed by atoms with van der Waals surface area (Å²) in [6.07, 6.45) is 3.24. The third kappa shape index (κ3) is 2.97.